The van der Waals surface area contributed by atoms with E-state index < -0.39 is 6.10 Å². The normalized spacial score (nSPS) is 13.2. The van der Waals surface area contributed by atoms with Crippen LogP contribution in [0.1, 0.15) is 245 Å². The van der Waals surface area contributed by atoms with Crippen molar-refractivity contribution in [2.45, 2.75) is 252 Å². The monoisotopic (exact) mass is 1050 g/mol. The van der Waals surface area contributed by atoms with Gasteiger partial charge in [-0.3, -0.25) is 14.4 Å². The van der Waals surface area contributed by atoms with Crippen molar-refractivity contribution in [1.82, 2.24) is 0 Å². The summed E-state index contributed by atoms with van der Waals surface area (Å²) >= 11 is 0. The summed E-state index contributed by atoms with van der Waals surface area (Å²) in [4.78, 5) is 38.2. The molecule has 0 spiro atoms. The van der Waals surface area contributed by atoms with Crippen LogP contribution in [-0.4, -0.2) is 37.2 Å². The fraction of sp³-hybridized carbons (Fsp3) is 0.586. The Morgan fingerprint density at radius 3 is 0.842 bits per heavy atom. The van der Waals surface area contributed by atoms with E-state index in [-0.39, 0.29) is 44.0 Å². The van der Waals surface area contributed by atoms with Gasteiger partial charge in [0.2, 0.25) is 0 Å². The summed E-state index contributed by atoms with van der Waals surface area (Å²) in [5.41, 5.74) is 0. The first-order valence-corrected chi connectivity index (χ1v) is 30.5. The first-order chi connectivity index (χ1) is 37.5. The minimum atomic E-state index is -0.833. The molecule has 0 radical (unpaired) electrons. The first kappa shape index (κ1) is 71.0. The molecule has 0 aromatic heterocycles. The van der Waals surface area contributed by atoms with Crippen molar-refractivity contribution in [2.75, 3.05) is 13.2 Å². The molecule has 0 aromatic rings. The number of rotatable bonds is 53. The molecule has 1 unspecified atom stereocenters. The van der Waals surface area contributed by atoms with Crippen LogP contribution in [0.2, 0.25) is 0 Å². The summed E-state index contributed by atoms with van der Waals surface area (Å²) in [6.07, 6.45) is 91.0. The summed E-state index contributed by atoms with van der Waals surface area (Å²) in [7, 11) is 0. The fourth-order valence-corrected chi connectivity index (χ4v) is 7.79. The Balaban J connectivity index is 4.52. The Kier molecular flexibility index (Phi) is 58.5. The lowest BCUT2D eigenvalue weighted by Crippen LogP contribution is -2.30. The zero-order valence-corrected chi connectivity index (χ0v) is 48.7. The zero-order valence-electron chi connectivity index (χ0n) is 48.7. The van der Waals surface area contributed by atoms with Gasteiger partial charge < -0.3 is 14.2 Å². The average Bonchev–Trinajstić information content (AvgIpc) is 3.42. The van der Waals surface area contributed by atoms with Crippen molar-refractivity contribution in [2.24, 2.45) is 0 Å². The van der Waals surface area contributed by atoms with E-state index in [1.807, 2.05) is 0 Å². The van der Waals surface area contributed by atoms with Gasteiger partial charge in [0.25, 0.3) is 0 Å². The highest BCUT2D eigenvalue weighted by atomic mass is 16.6. The highest BCUT2D eigenvalue weighted by Crippen LogP contribution is 2.14. The second kappa shape index (κ2) is 62.6. The van der Waals surface area contributed by atoms with Gasteiger partial charge in [0.15, 0.2) is 6.10 Å². The Labute approximate surface area is 467 Å². The third kappa shape index (κ3) is 59.9. The molecule has 6 heteroatoms. The van der Waals surface area contributed by atoms with Gasteiger partial charge in [-0.2, -0.15) is 0 Å². The molecule has 6 nitrogen and oxygen atoms in total. The molecule has 0 amide bonds. The Bertz CT molecular complexity index is 1720. The molecule has 426 valence electrons. The van der Waals surface area contributed by atoms with Crippen LogP contribution in [0.5, 0.6) is 0 Å². The average molecular weight is 1050 g/mol. The third-order valence-electron chi connectivity index (χ3n) is 12.3. The quantitative estimate of drug-likeness (QED) is 0.0261. The maximum atomic E-state index is 12.9. The van der Waals surface area contributed by atoms with Gasteiger partial charge in [0.1, 0.15) is 13.2 Å². The van der Waals surface area contributed by atoms with Crippen molar-refractivity contribution in [3.8, 4) is 0 Å². The Hall–Kier alpha value is -4.97. The molecule has 0 aliphatic rings. The second-order valence-corrected chi connectivity index (χ2v) is 19.5. The van der Waals surface area contributed by atoms with Crippen LogP contribution in [0.4, 0.5) is 0 Å². The van der Waals surface area contributed by atoms with Crippen LogP contribution < -0.4 is 0 Å². The summed E-state index contributed by atoms with van der Waals surface area (Å²) in [6, 6.07) is 0. The fourth-order valence-electron chi connectivity index (χ4n) is 7.79. The second-order valence-electron chi connectivity index (χ2n) is 19.5. The highest BCUT2D eigenvalue weighted by molar-refractivity contribution is 5.71. The number of hydrogen-bond donors (Lipinski definition) is 0. The Morgan fingerprint density at radius 2 is 0.526 bits per heavy atom. The molecular weight excluding hydrogens is 937 g/mol. The third-order valence-corrected chi connectivity index (χ3v) is 12.3. The lowest BCUT2D eigenvalue weighted by molar-refractivity contribution is -0.167. The standard InChI is InChI=1S/C70H110O6/c1-4-7-10-13-16-19-22-25-28-30-31-32-33-34-35-36-37-38-39-41-42-45-48-51-54-57-60-63-69(72)75-66-67(65-74-68(71)62-59-56-53-50-47-44-27-24-21-18-15-12-9-6-3)76-70(73)64-61-58-55-52-49-46-43-40-29-26-23-20-17-14-11-8-5-2/h7-8,10-11,16-17,19-20,25-26,28-29,31-32,34-35,37-38,41-43,46,48,51-52,55,67H,4-6,9,12-15,18,21-24,27,30,33,36,39-40,44-45,47,49-50,53-54,56-66H2,1-3H3/b10-7-,11-8-,19-16-,20-17-,28-25-,29-26-,32-31-,35-34-,38-37-,42-41-,46-43-,51-48-,55-52-. The molecule has 0 saturated heterocycles. The molecule has 0 bridgehead atoms. The van der Waals surface area contributed by atoms with E-state index in [0.29, 0.717) is 19.3 Å². The maximum absolute atomic E-state index is 12.9. The molecule has 0 rings (SSSR count). The Morgan fingerprint density at radius 1 is 0.276 bits per heavy atom. The smallest absolute Gasteiger partial charge is 0.306 e. The summed E-state index contributed by atoms with van der Waals surface area (Å²) in [5.74, 6) is -1.03. The van der Waals surface area contributed by atoms with Crippen molar-refractivity contribution in [3.05, 3.63) is 158 Å². The van der Waals surface area contributed by atoms with Crippen LogP contribution in [0.25, 0.3) is 0 Å². The highest BCUT2D eigenvalue weighted by Gasteiger charge is 2.19. The van der Waals surface area contributed by atoms with E-state index in [4.69, 9.17) is 14.2 Å². The van der Waals surface area contributed by atoms with Gasteiger partial charge in [-0.05, 0) is 122 Å². The van der Waals surface area contributed by atoms with Gasteiger partial charge >= 0.3 is 17.9 Å². The van der Waals surface area contributed by atoms with Crippen LogP contribution in [0.15, 0.2) is 158 Å². The first-order valence-electron chi connectivity index (χ1n) is 30.5. The molecule has 0 aromatic carbocycles. The molecule has 0 aliphatic carbocycles. The van der Waals surface area contributed by atoms with Gasteiger partial charge in [0, 0.05) is 19.3 Å². The number of carbonyl (C=O) groups excluding carboxylic acids is 3. The molecule has 0 heterocycles. The minimum absolute atomic E-state index is 0.119. The molecule has 76 heavy (non-hydrogen) atoms. The van der Waals surface area contributed by atoms with E-state index in [2.05, 4.69) is 179 Å². The van der Waals surface area contributed by atoms with Gasteiger partial charge in [0.05, 0.1) is 0 Å². The van der Waals surface area contributed by atoms with Crippen molar-refractivity contribution >= 4 is 17.9 Å². The van der Waals surface area contributed by atoms with Crippen molar-refractivity contribution < 1.29 is 28.6 Å². The summed E-state index contributed by atoms with van der Waals surface area (Å²) in [5, 5.41) is 0. The number of unbranched alkanes of at least 4 members (excludes halogenated alkanes) is 16. The number of ether oxygens (including phenoxy) is 3. The van der Waals surface area contributed by atoms with Crippen LogP contribution >= 0.6 is 0 Å². The topological polar surface area (TPSA) is 78.9 Å². The van der Waals surface area contributed by atoms with E-state index in [9.17, 15) is 14.4 Å². The van der Waals surface area contributed by atoms with E-state index in [1.54, 1.807) is 0 Å². The summed E-state index contributed by atoms with van der Waals surface area (Å²) in [6.45, 7) is 6.32. The van der Waals surface area contributed by atoms with Crippen LogP contribution in [0, 0.1) is 0 Å². The maximum Gasteiger partial charge on any atom is 0.306 e. The molecule has 0 saturated carbocycles. The predicted octanol–water partition coefficient (Wildman–Crippen LogP) is 20.9. The molecule has 0 N–H and O–H groups in total. The summed E-state index contributed by atoms with van der Waals surface area (Å²) < 4.78 is 16.8. The largest absolute Gasteiger partial charge is 0.462 e. The number of hydrogen-bond acceptors (Lipinski definition) is 6. The lowest BCUT2D eigenvalue weighted by Gasteiger charge is -2.18. The van der Waals surface area contributed by atoms with Gasteiger partial charge in [-0.25, -0.2) is 0 Å². The lowest BCUT2D eigenvalue weighted by atomic mass is 10.0. The van der Waals surface area contributed by atoms with Crippen molar-refractivity contribution in [1.29, 1.82) is 0 Å². The van der Waals surface area contributed by atoms with Crippen LogP contribution in [0.3, 0.4) is 0 Å². The zero-order chi connectivity index (χ0) is 55.0. The van der Waals surface area contributed by atoms with Crippen LogP contribution in [-0.2, 0) is 28.6 Å². The molecular formula is C70H110O6. The van der Waals surface area contributed by atoms with Crippen molar-refractivity contribution in [3.63, 3.8) is 0 Å². The number of esters is 3. The molecule has 0 aliphatic heterocycles. The number of allylic oxidation sites excluding steroid dienone is 26. The van der Waals surface area contributed by atoms with Gasteiger partial charge in [-0.1, -0.05) is 262 Å². The SMILES string of the molecule is CC/C=C\C/C=C\C/C=C\C/C=C\C/C=C\C/C=C\C/C=C\C/C=C\CCCCC(=O)OCC(COC(=O)CCCCCCCCCCCCCCCC)OC(=O)CCC/C=C\C/C=C\C/C=C\C/C=C\C/C=C\CC. The van der Waals surface area contributed by atoms with E-state index >= 15 is 0 Å². The van der Waals surface area contributed by atoms with Gasteiger partial charge in [-0.15, -0.1) is 0 Å². The van der Waals surface area contributed by atoms with E-state index in [1.165, 1.54) is 70.6 Å². The van der Waals surface area contributed by atoms with E-state index in [0.717, 1.165) is 122 Å². The molecule has 0 fully saturated rings. The minimum Gasteiger partial charge on any atom is -0.462 e. The molecule has 1 atom stereocenters. The predicted molar refractivity (Wildman–Crippen MR) is 329 cm³/mol. The number of carbonyl (C=O) groups is 3.